The van der Waals surface area contributed by atoms with E-state index in [1.165, 1.54) is 43.5 Å². The normalized spacial score (nSPS) is 11.2. The molecule has 0 saturated carbocycles. The van der Waals surface area contributed by atoms with Gasteiger partial charge in [0.15, 0.2) is 11.5 Å². The Hall–Kier alpha value is -2.49. The number of methoxy groups -OCH3 is 1. The predicted octanol–water partition coefficient (Wildman–Crippen LogP) is 3.02. The number of primary sulfonamides is 1. The predicted molar refractivity (Wildman–Crippen MR) is 107 cm³/mol. The largest absolute Gasteiger partial charge is 0.493 e. The van der Waals surface area contributed by atoms with Crippen molar-refractivity contribution in [3.8, 4) is 17.2 Å². The van der Waals surface area contributed by atoms with Crippen molar-refractivity contribution in [3.05, 3.63) is 47.0 Å². The third-order valence-electron chi connectivity index (χ3n) is 3.56. The van der Waals surface area contributed by atoms with Gasteiger partial charge in [0.05, 0.1) is 28.7 Å². The molecule has 8 nitrogen and oxygen atoms in total. The van der Waals surface area contributed by atoms with E-state index in [9.17, 15) is 13.2 Å². The first-order valence-corrected chi connectivity index (χ1v) is 10.5. The molecule has 0 bridgehead atoms. The Morgan fingerprint density at radius 1 is 1.14 bits per heavy atom. The van der Waals surface area contributed by atoms with Gasteiger partial charge in [-0.3, -0.25) is 0 Å². The van der Waals surface area contributed by atoms with Gasteiger partial charge < -0.3 is 18.9 Å². The molecule has 0 fully saturated rings. The number of carbonyl (C=O) groups is 1. The van der Waals surface area contributed by atoms with Crippen LogP contribution in [0.2, 0.25) is 5.02 Å². The van der Waals surface area contributed by atoms with E-state index in [2.05, 4.69) is 0 Å². The van der Waals surface area contributed by atoms with Crippen molar-refractivity contribution in [1.82, 2.24) is 0 Å². The second-order valence-corrected chi connectivity index (χ2v) is 8.13. The SMILES string of the molecule is COc1cc(C(=O)OCCOc2ccc(S(N)(=O)=O)cc2)cc(Cl)c1OC(C)C. The van der Waals surface area contributed by atoms with Gasteiger partial charge in [-0.25, -0.2) is 18.4 Å². The monoisotopic (exact) mass is 443 g/mol. The zero-order valence-corrected chi connectivity index (χ0v) is 17.7. The minimum absolute atomic E-state index is 0.0213. The average Bonchev–Trinajstić information content (AvgIpc) is 2.65. The molecule has 0 aromatic heterocycles. The number of carbonyl (C=O) groups excluding carboxylic acids is 1. The molecular weight excluding hydrogens is 422 g/mol. The molecule has 0 aliphatic heterocycles. The van der Waals surface area contributed by atoms with Gasteiger partial charge in [0, 0.05) is 0 Å². The molecule has 29 heavy (non-hydrogen) atoms. The maximum Gasteiger partial charge on any atom is 0.338 e. The second kappa shape index (κ2) is 9.82. The molecule has 2 N–H and O–H groups in total. The summed E-state index contributed by atoms with van der Waals surface area (Å²) in [4.78, 5) is 12.2. The van der Waals surface area contributed by atoms with Crippen molar-refractivity contribution in [2.75, 3.05) is 20.3 Å². The van der Waals surface area contributed by atoms with E-state index in [-0.39, 0.29) is 34.8 Å². The average molecular weight is 444 g/mol. The Morgan fingerprint density at radius 2 is 1.79 bits per heavy atom. The number of sulfonamides is 1. The lowest BCUT2D eigenvalue weighted by Crippen LogP contribution is -2.14. The molecule has 0 amide bonds. The van der Waals surface area contributed by atoms with E-state index in [0.29, 0.717) is 17.2 Å². The molecule has 0 aliphatic rings. The Balaban J connectivity index is 1.93. The van der Waals surface area contributed by atoms with Crippen molar-refractivity contribution < 1.29 is 32.2 Å². The summed E-state index contributed by atoms with van der Waals surface area (Å²) in [5, 5.41) is 5.26. The fourth-order valence-electron chi connectivity index (χ4n) is 2.29. The van der Waals surface area contributed by atoms with Gasteiger partial charge in [-0.2, -0.15) is 0 Å². The Kier molecular flexibility index (Phi) is 7.72. The van der Waals surface area contributed by atoms with Crippen molar-refractivity contribution in [1.29, 1.82) is 0 Å². The molecule has 0 heterocycles. The number of rotatable bonds is 9. The van der Waals surface area contributed by atoms with Crippen LogP contribution in [0.3, 0.4) is 0 Å². The summed E-state index contributed by atoms with van der Waals surface area (Å²) in [7, 11) is -2.31. The first-order chi connectivity index (χ1) is 13.6. The summed E-state index contributed by atoms with van der Waals surface area (Å²) in [5.41, 5.74) is 0.209. The molecule has 0 radical (unpaired) electrons. The molecule has 158 valence electrons. The number of halogens is 1. The molecule has 2 aromatic rings. The number of esters is 1. The van der Waals surface area contributed by atoms with Crippen molar-refractivity contribution in [3.63, 3.8) is 0 Å². The first-order valence-electron chi connectivity index (χ1n) is 8.58. The number of nitrogens with two attached hydrogens (primary N) is 1. The third-order valence-corrected chi connectivity index (χ3v) is 4.77. The molecule has 10 heteroatoms. The molecule has 0 saturated heterocycles. The maximum absolute atomic E-state index is 12.3. The van der Waals surface area contributed by atoms with Crippen LogP contribution in [0.25, 0.3) is 0 Å². The highest BCUT2D eigenvalue weighted by Gasteiger charge is 2.17. The lowest BCUT2D eigenvalue weighted by atomic mass is 10.2. The topological polar surface area (TPSA) is 114 Å². The summed E-state index contributed by atoms with van der Waals surface area (Å²) >= 11 is 6.20. The summed E-state index contributed by atoms with van der Waals surface area (Å²) < 4.78 is 43.8. The van der Waals surface area contributed by atoms with E-state index < -0.39 is 16.0 Å². The van der Waals surface area contributed by atoms with Crippen LogP contribution in [0.15, 0.2) is 41.3 Å². The molecular formula is C19H22ClNO7S. The fraction of sp³-hybridized carbons (Fsp3) is 0.316. The molecule has 0 atom stereocenters. The van der Waals surface area contributed by atoms with Gasteiger partial charge in [0.1, 0.15) is 19.0 Å². The minimum atomic E-state index is -3.76. The van der Waals surface area contributed by atoms with Crippen LogP contribution in [0, 0.1) is 0 Å². The van der Waals surface area contributed by atoms with E-state index in [1.54, 1.807) is 0 Å². The lowest BCUT2D eigenvalue weighted by Gasteiger charge is -2.16. The summed E-state index contributed by atoms with van der Waals surface area (Å²) in [6.07, 6.45) is -0.115. The van der Waals surface area contributed by atoms with E-state index >= 15 is 0 Å². The molecule has 2 aromatic carbocycles. The van der Waals surface area contributed by atoms with E-state index in [0.717, 1.165) is 0 Å². The van der Waals surface area contributed by atoms with E-state index in [1.807, 2.05) is 13.8 Å². The van der Waals surface area contributed by atoms with Gasteiger partial charge >= 0.3 is 5.97 Å². The fourth-order valence-corrected chi connectivity index (χ4v) is 3.06. The maximum atomic E-state index is 12.3. The quantitative estimate of drug-likeness (QED) is 0.468. The highest BCUT2D eigenvalue weighted by molar-refractivity contribution is 7.89. The Morgan fingerprint density at radius 3 is 2.34 bits per heavy atom. The van der Waals surface area contributed by atoms with Crippen LogP contribution >= 0.6 is 11.6 Å². The van der Waals surface area contributed by atoms with Gasteiger partial charge in [-0.1, -0.05) is 11.6 Å². The summed E-state index contributed by atoms with van der Waals surface area (Å²) in [6, 6.07) is 8.49. The summed E-state index contributed by atoms with van der Waals surface area (Å²) in [6.45, 7) is 3.74. The zero-order chi connectivity index (χ0) is 21.6. The summed E-state index contributed by atoms with van der Waals surface area (Å²) in [5.74, 6) is 0.485. The van der Waals surface area contributed by atoms with Crippen LogP contribution in [-0.2, 0) is 14.8 Å². The van der Waals surface area contributed by atoms with E-state index in [4.69, 9.17) is 35.7 Å². The third kappa shape index (κ3) is 6.52. The van der Waals surface area contributed by atoms with Gasteiger partial charge in [0.25, 0.3) is 0 Å². The number of hydrogen-bond acceptors (Lipinski definition) is 7. The van der Waals surface area contributed by atoms with Crippen LogP contribution in [-0.4, -0.2) is 40.8 Å². The van der Waals surface area contributed by atoms with Gasteiger partial charge in [-0.15, -0.1) is 0 Å². The smallest absolute Gasteiger partial charge is 0.338 e. The number of hydrogen-bond donors (Lipinski definition) is 1. The van der Waals surface area contributed by atoms with Crippen LogP contribution in [0.1, 0.15) is 24.2 Å². The van der Waals surface area contributed by atoms with Crippen molar-refractivity contribution in [2.24, 2.45) is 5.14 Å². The molecule has 0 aliphatic carbocycles. The lowest BCUT2D eigenvalue weighted by molar-refractivity contribution is 0.0450. The number of benzene rings is 2. The van der Waals surface area contributed by atoms with Crippen LogP contribution in [0.5, 0.6) is 17.2 Å². The second-order valence-electron chi connectivity index (χ2n) is 6.16. The van der Waals surface area contributed by atoms with Gasteiger partial charge in [0.2, 0.25) is 10.0 Å². The Bertz CT molecular complexity index is 959. The van der Waals surface area contributed by atoms with Crippen molar-refractivity contribution in [2.45, 2.75) is 24.8 Å². The van der Waals surface area contributed by atoms with Gasteiger partial charge in [-0.05, 0) is 50.2 Å². The van der Waals surface area contributed by atoms with Crippen LogP contribution < -0.4 is 19.3 Å². The molecule has 0 spiro atoms. The zero-order valence-electron chi connectivity index (χ0n) is 16.2. The van der Waals surface area contributed by atoms with Crippen molar-refractivity contribution >= 4 is 27.6 Å². The first kappa shape index (κ1) is 22.8. The molecule has 2 rings (SSSR count). The minimum Gasteiger partial charge on any atom is -0.493 e. The Labute approximate surface area is 174 Å². The highest BCUT2D eigenvalue weighted by atomic mass is 35.5. The standard InChI is InChI=1S/C19H22ClNO7S/c1-12(2)28-18-16(20)10-13(11-17(18)25-3)19(22)27-9-8-26-14-4-6-15(7-5-14)29(21,23)24/h4-7,10-12H,8-9H2,1-3H3,(H2,21,23,24). The molecule has 0 unspecified atom stereocenters. The number of ether oxygens (including phenoxy) is 4. The van der Waals surface area contributed by atoms with Crippen LogP contribution in [0.4, 0.5) is 0 Å². The highest BCUT2D eigenvalue weighted by Crippen LogP contribution is 2.37.